The Hall–Kier alpha value is -1.98. The third-order valence-corrected chi connectivity index (χ3v) is 6.43. The molecule has 0 aliphatic heterocycles. The smallest absolute Gasteiger partial charge is 0.243 e. The van der Waals surface area contributed by atoms with E-state index in [1.165, 1.54) is 0 Å². The highest BCUT2D eigenvalue weighted by molar-refractivity contribution is 7.99. The van der Waals surface area contributed by atoms with Crippen LogP contribution in [0, 0.1) is 6.92 Å². The van der Waals surface area contributed by atoms with Crippen molar-refractivity contribution in [2.45, 2.75) is 64.9 Å². The first kappa shape index (κ1) is 25.3. The molecule has 4 nitrogen and oxygen atoms in total. The van der Waals surface area contributed by atoms with E-state index in [1.807, 2.05) is 70.2 Å². The van der Waals surface area contributed by atoms with Crippen molar-refractivity contribution in [3.8, 4) is 0 Å². The molecule has 2 rings (SSSR count). The molecule has 0 spiro atoms. The SMILES string of the molecule is CC[C@H](C(=O)N[C@@H](C)CC)N(Cc1cccc(C)c1)C(=O)CSCc1cccc(Cl)c1. The maximum atomic E-state index is 13.2. The highest BCUT2D eigenvalue weighted by Gasteiger charge is 2.29. The molecule has 2 amide bonds. The van der Waals surface area contributed by atoms with E-state index in [1.54, 1.807) is 16.7 Å². The van der Waals surface area contributed by atoms with Crippen molar-refractivity contribution >= 4 is 35.2 Å². The van der Waals surface area contributed by atoms with Gasteiger partial charge in [0.15, 0.2) is 0 Å². The lowest BCUT2D eigenvalue weighted by Crippen LogP contribution is -2.51. The van der Waals surface area contributed by atoms with Gasteiger partial charge in [-0.15, -0.1) is 11.8 Å². The quantitative estimate of drug-likeness (QED) is 0.474. The van der Waals surface area contributed by atoms with E-state index in [2.05, 4.69) is 11.4 Å². The molecule has 0 bridgehead atoms. The summed E-state index contributed by atoms with van der Waals surface area (Å²) in [6.45, 7) is 8.43. The van der Waals surface area contributed by atoms with Crippen molar-refractivity contribution in [1.82, 2.24) is 10.2 Å². The molecule has 0 aliphatic carbocycles. The summed E-state index contributed by atoms with van der Waals surface area (Å²) < 4.78 is 0. The molecule has 0 aromatic heterocycles. The van der Waals surface area contributed by atoms with Crippen LogP contribution in [0.5, 0.6) is 0 Å². The summed E-state index contributed by atoms with van der Waals surface area (Å²) in [7, 11) is 0. The lowest BCUT2D eigenvalue weighted by atomic mass is 10.1. The second-order valence-electron chi connectivity index (χ2n) is 7.88. The van der Waals surface area contributed by atoms with Crippen molar-refractivity contribution in [3.05, 3.63) is 70.2 Å². The molecule has 1 N–H and O–H groups in total. The van der Waals surface area contributed by atoms with Gasteiger partial charge in [0.05, 0.1) is 5.75 Å². The summed E-state index contributed by atoms with van der Waals surface area (Å²) in [5.41, 5.74) is 3.25. The van der Waals surface area contributed by atoms with Gasteiger partial charge in [0.1, 0.15) is 6.04 Å². The zero-order chi connectivity index (χ0) is 22.8. The van der Waals surface area contributed by atoms with E-state index in [9.17, 15) is 9.59 Å². The van der Waals surface area contributed by atoms with E-state index in [0.29, 0.717) is 29.5 Å². The molecule has 0 aliphatic rings. The number of benzene rings is 2. The van der Waals surface area contributed by atoms with Gasteiger partial charge in [0, 0.05) is 23.4 Å². The second kappa shape index (κ2) is 12.8. The molecule has 2 aromatic carbocycles. The van der Waals surface area contributed by atoms with Gasteiger partial charge in [0.2, 0.25) is 11.8 Å². The van der Waals surface area contributed by atoms with Gasteiger partial charge in [-0.25, -0.2) is 0 Å². The highest BCUT2D eigenvalue weighted by atomic mass is 35.5. The number of halogens is 1. The van der Waals surface area contributed by atoms with E-state index in [-0.39, 0.29) is 17.9 Å². The second-order valence-corrected chi connectivity index (χ2v) is 9.30. The van der Waals surface area contributed by atoms with Gasteiger partial charge in [-0.1, -0.05) is 67.4 Å². The first-order valence-electron chi connectivity index (χ1n) is 10.8. The standard InChI is InChI=1S/C25H33ClN2O2S/c1-5-19(4)27-25(30)23(6-2)28(15-20-10-7-9-18(3)13-20)24(29)17-31-16-21-11-8-12-22(26)14-21/h7-14,19,23H,5-6,15-17H2,1-4H3,(H,27,30)/t19-,23+/m0/s1. The Morgan fingerprint density at radius 1 is 1.06 bits per heavy atom. The fourth-order valence-corrected chi connectivity index (χ4v) is 4.40. The van der Waals surface area contributed by atoms with Gasteiger partial charge in [-0.3, -0.25) is 9.59 Å². The summed E-state index contributed by atoms with van der Waals surface area (Å²) in [6, 6.07) is 15.3. The summed E-state index contributed by atoms with van der Waals surface area (Å²) in [6.07, 6.45) is 1.42. The van der Waals surface area contributed by atoms with Crippen LogP contribution in [0.2, 0.25) is 5.02 Å². The summed E-state index contributed by atoms with van der Waals surface area (Å²) in [4.78, 5) is 27.9. The van der Waals surface area contributed by atoms with Gasteiger partial charge in [0.25, 0.3) is 0 Å². The fourth-order valence-electron chi connectivity index (χ4n) is 3.33. The van der Waals surface area contributed by atoms with E-state index in [4.69, 9.17) is 11.6 Å². The Bertz CT molecular complexity index is 874. The minimum Gasteiger partial charge on any atom is -0.352 e. The first-order chi connectivity index (χ1) is 14.8. The van der Waals surface area contributed by atoms with Crippen LogP contribution in [0.25, 0.3) is 0 Å². The molecule has 0 fully saturated rings. The maximum absolute atomic E-state index is 13.2. The lowest BCUT2D eigenvalue weighted by molar-refractivity contribution is -0.139. The molecule has 0 heterocycles. The van der Waals surface area contributed by atoms with E-state index in [0.717, 1.165) is 23.1 Å². The number of aryl methyl sites for hydroxylation is 1. The molecule has 2 atom stereocenters. The zero-order valence-electron chi connectivity index (χ0n) is 18.9. The number of amides is 2. The molecule has 6 heteroatoms. The van der Waals surface area contributed by atoms with Gasteiger partial charge in [-0.2, -0.15) is 0 Å². The van der Waals surface area contributed by atoms with Crippen LogP contribution < -0.4 is 5.32 Å². The number of rotatable bonds is 11. The number of carbonyl (C=O) groups is 2. The molecule has 2 aromatic rings. The Balaban J connectivity index is 2.14. The fraction of sp³-hybridized carbons (Fsp3) is 0.440. The average Bonchev–Trinajstić information content (AvgIpc) is 2.73. The number of hydrogen-bond donors (Lipinski definition) is 1. The molecular weight excluding hydrogens is 428 g/mol. The lowest BCUT2D eigenvalue weighted by Gasteiger charge is -2.31. The predicted molar refractivity (Wildman–Crippen MR) is 131 cm³/mol. The van der Waals surface area contributed by atoms with Gasteiger partial charge < -0.3 is 10.2 Å². The zero-order valence-corrected chi connectivity index (χ0v) is 20.4. The Morgan fingerprint density at radius 2 is 1.77 bits per heavy atom. The van der Waals surface area contributed by atoms with Crippen LogP contribution in [0.15, 0.2) is 48.5 Å². The molecule has 0 saturated heterocycles. The first-order valence-corrected chi connectivity index (χ1v) is 12.3. The van der Waals surface area contributed by atoms with Crippen LogP contribution in [0.1, 0.15) is 50.3 Å². The monoisotopic (exact) mass is 460 g/mol. The average molecular weight is 461 g/mol. The minimum atomic E-state index is -0.492. The summed E-state index contributed by atoms with van der Waals surface area (Å²) in [5, 5.41) is 3.74. The molecule has 31 heavy (non-hydrogen) atoms. The normalized spacial score (nSPS) is 12.8. The number of nitrogens with one attached hydrogen (secondary N) is 1. The van der Waals surface area contributed by atoms with Gasteiger partial charge >= 0.3 is 0 Å². The number of hydrogen-bond acceptors (Lipinski definition) is 3. The van der Waals surface area contributed by atoms with Crippen LogP contribution in [0.3, 0.4) is 0 Å². The van der Waals surface area contributed by atoms with Crippen LogP contribution in [-0.4, -0.2) is 34.6 Å². The molecule has 0 unspecified atom stereocenters. The van der Waals surface area contributed by atoms with Crippen molar-refractivity contribution in [2.75, 3.05) is 5.75 Å². The molecule has 0 radical (unpaired) electrons. The van der Waals surface area contributed by atoms with Crippen LogP contribution >= 0.6 is 23.4 Å². The number of nitrogens with zero attached hydrogens (tertiary/aromatic N) is 1. The van der Waals surface area contributed by atoms with Gasteiger partial charge in [-0.05, 0) is 49.9 Å². The van der Waals surface area contributed by atoms with E-state index >= 15 is 0 Å². The Kier molecular flexibility index (Phi) is 10.4. The topological polar surface area (TPSA) is 49.4 Å². The van der Waals surface area contributed by atoms with Crippen molar-refractivity contribution in [2.24, 2.45) is 0 Å². The van der Waals surface area contributed by atoms with Crippen molar-refractivity contribution in [1.29, 1.82) is 0 Å². The third kappa shape index (κ3) is 8.23. The van der Waals surface area contributed by atoms with Crippen molar-refractivity contribution < 1.29 is 9.59 Å². The van der Waals surface area contributed by atoms with Crippen LogP contribution in [-0.2, 0) is 21.9 Å². The maximum Gasteiger partial charge on any atom is 0.243 e. The number of thioether (sulfide) groups is 1. The highest BCUT2D eigenvalue weighted by Crippen LogP contribution is 2.19. The minimum absolute atomic E-state index is 0.0281. The summed E-state index contributed by atoms with van der Waals surface area (Å²) >= 11 is 7.60. The Morgan fingerprint density at radius 3 is 2.42 bits per heavy atom. The van der Waals surface area contributed by atoms with Crippen molar-refractivity contribution in [3.63, 3.8) is 0 Å². The molecule has 0 saturated carbocycles. The predicted octanol–water partition coefficient (Wildman–Crippen LogP) is 5.60. The largest absolute Gasteiger partial charge is 0.352 e. The third-order valence-electron chi connectivity index (χ3n) is 5.21. The Labute approximate surface area is 195 Å². The number of carbonyl (C=O) groups excluding carboxylic acids is 2. The molecular formula is C25H33ClN2O2S. The van der Waals surface area contributed by atoms with Crippen LogP contribution in [0.4, 0.5) is 0 Å². The van der Waals surface area contributed by atoms with E-state index < -0.39 is 6.04 Å². The molecule has 168 valence electrons. The summed E-state index contributed by atoms with van der Waals surface area (Å²) in [5.74, 6) is 0.892.